The topological polar surface area (TPSA) is 35.5 Å². The molecule has 3 nitrogen and oxygen atoms in total. The SMILES string of the molecule is COc1ccc2c(c1)OC/C(=C\c1ccc(C(F)(F)F)cc1)C2=O. The van der Waals surface area contributed by atoms with Crippen molar-refractivity contribution in [1.82, 2.24) is 0 Å². The lowest BCUT2D eigenvalue weighted by atomic mass is 9.98. The number of carbonyl (C=O) groups excluding carboxylic acids is 1. The smallest absolute Gasteiger partial charge is 0.416 e. The molecule has 0 amide bonds. The van der Waals surface area contributed by atoms with Crippen molar-refractivity contribution in [3.8, 4) is 11.5 Å². The highest BCUT2D eigenvalue weighted by Gasteiger charge is 2.30. The molecule has 0 saturated heterocycles. The Morgan fingerprint density at radius 1 is 1.12 bits per heavy atom. The van der Waals surface area contributed by atoms with Gasteiger partial charge in [0.05, 0.1) is 18.2 Å². The van der Waals surface area contributed by atoms with Crippen molar-refractivity contribution in [3.63, 3.8) is 0 Å². The summed E-state index contributed by atoms with van der Waals surface area (Å²) in [5.41, 5.74) is 0.563. The third kappa shape index (κ3) is 3.13. The standard InChI is InChI=1S/C18H13F3O3/c1-23-14-6-7-15-16(9-14)24-10-12(17(15)22)8-11-2-4-13(5-3-11)18(19,20)21/h2-9H,10H2,1H3/b12-8+. The highest BCUT2D eigenvalue weighted by Crippen LogP contribution is 2.32. The van der Waals surface area contributed by atoms with Crippen LogP contribution in [-0.4, -0.2) is 19.5 Å². The van der Waals surface area contributed by atoms with Gasteiger partial charge in [0, 0.05) is 11.6 Å². The summed E-state index contributed by atoms with van der Waals surface area (Å²) in [7, 11) is 1.52. The molecule has 124 valence electrons. The molecule has 2 aromatic carbocycles. The molecule has 2 aromatic rings. The minimum atomic E-state index is -4.38. The van der Waals surface area contributed by atoms with Crippen LogP contribution in [0.5, 0.6) is 11.5 Å². The molecule has 1 heterocycles. The van der Waals surface area contributed by atoms with Gasteiger partial charge >= 0.3 is 6.18 Å². The molecule has 0 unspecified atom stereocenters. The lowest BCUT2D eigenvalue weighted by Gasteiger charge is -2.19. The lowest BCUT2D eigenvalue weighted by Crippen LogP contribution is -2.19. The Morgan fingerprint density at radius 3 is 2.46 bits per heavy atom. The van der Waals surface area contributed by atoms with Crippen LogP contribution in [0.15, 0.2) is 48.0 Å². The van der Waals surface area contributed by atoms with Crippen molar-refractivity contribution in [2.45, 2.75) is 6.18 Å². The first kappa shape index (κ1) is 16.1. The van der Waals surface area contributed by atoms with Gasteiger partial charge in [-0.1, -0.05) is 12.1 Å². The van der Waals surface area contributed by atoms with E-state index in [9.17, 15) is 18.0 Å². The van der Waals surface area contributed by atoms with Gasteiger partial charge in [0.25, 0.3) is 0 Å². The Bertz CT molecular complexity index is 805. The van der Waals surface area contributed by atoms with Crippen LogP contribution < -0.4 is 9.47 Å². The number of methoxy groups -OCH3 is 1. The second-order valence-electron chi connectivity index (χ2n) is 5.27. The molecular weight excluding hydrogens is 321 g/mol. The van der Waals surface area contributed by atoms with Gasteiger partial charge < -0.3 is 9.47 Å². The van der Waals surface area contributed by atoms with E-state index in [0.717, 1.165) is 12.1 Å². The van der Waals surface area contributed by atoms with Crippen molar-refractivity contribution in [2.24, 2.45) is 0 Å². The van der Waals surface area contributed by atoms with Crippen LogP contribution in [-0.2, 0) is 6.18 Å². The van der Waals surface area contributed by atoms with Gasteiger partial charge in [-0.2, -0.15) is 13.2 Å². The third-order valence-electron chi connectivity index (χ3n) is 3.69. The summed E-state index contributed by atoms with van der Waals surface area (Å²) in [6, 6.07) is 9.51. The number of carbonyl (C=O) groups is 1. The van der Waals surface area contributed by atoms with Gasteiger partial charge in [-0.3, -0.25) is 4.79 Å². The van der Waals surface area contributed by atoms with E-state index in [0.29, 0.717) is 28.2 Å². The maximum atomic E-state index is 12.6. The fraction of sp³-hybridized carbons (Fsp3) is 0.167. The van der Waals surface area contributed by atoms with E-state index >= 15 is 0 Å². The number of halogens is 3. The molecule has 0 atom stereocenters. The first-order valence-electron chi connectivity index (χ1n) is 7.12. The van der Waals surface area contributed by atoms with E-state index in [1.165, 1.54) is 25.3 Å². The number of ether oxygens (including phenoxy) is 2. The first-order chi connectivity index (χ1) is 11.4. The van der Waals surface area contributed by atoms with Crippen LogP contribution in [0.25, 0.3) is 6.08 Å². The molecule has 0 saturated carbocycles. The zero-order chi connectivity index (χ0) is 17.3. The average molecular weight is 334 g/mol. The number of alkyl halides is 3. The Morgan fingerprint density at radius 2 is 1.83 bits per heavy atom. The molecule has 0 N–H and O–H groups in total. The van der Waals surface area contributed by atoms with E-state index in [2.05, 4.69) is 0 Å². The molecule has 0 fully saturated rings. The first-order valence-corrected chi connectivity index (χ1v) is 7.12. The predicted molar refractivity (Wildman–Crippen MR) is 82.2 cm³/mol. The summed E-state index contributed by atoms with van der Waals surface area (Å²) < 4.78 is 48.3. The molecule has 3 rings (SSSR count). The van der Waals surface area contributed by atoms with E-state index in [-0.39, 0.29) is 12.4 Å². The van der Waals surface area contributed by atoms with Gasteiger partial charge in [-0.05, 0) is 35.9 Å². The second kappa shape index (κ2) is 6.03. The number of ketones is 1. The Balaban J connectivity index is 1.87. The van der Waals surface area contributed by atoms with Crippen molar-refractivity contribution in [2.75, 3.05) is 13.7 Å². The summed E-state index contributed by atoms with van der Waals surface area (Å²) in [4.78, 5) is 12.5. The summed E-state index contributed by atoms with van der Waals surface area (Å²) in [6.07, 6.45) is -2.84. The van der Waals surface area contributed by atoms with Crippen LogP contribution >= 0.6 is 0 Å². The quantitative estimate of drug-likeness (QED) is 0.765. The zero-order valence-electron chi connectivity index (χ0n) is 12.7. The molecule has 0 spiro atoms. The van der Waals surface area contributed by atoms with E-state index < -0.39 is 11.7 Å². The molecule has 1 aliphatic rings. The van der Waals surface area contributed by atoms with E-state index in [1.54, 1.807) is 18.2 Å². The number of hydrogen-bond donors (Lipinski definition) is 0. The van der Waals surface area contributed by atoms with Crippen LogP contribution in [0.3, 0.4) is 0 Å². The fourth-order valence-electron chi connectivity index (χ4n) is 2.41. The van der Waals surface area contributed by atoms with Crippen molar-refractivity contribution < 1.29 is 27.4 Å². The minimum absolute atomic E-state index is 0.0556. The fourth-order valence-corrected chi connectivity index (χ4v) is 2.41. The maximum Gasteiger partial charge on any atom is 0.416 e. The Labute approximate surface area is 136 Å². The number of fused-ring (bicyclic) bond motifs is 1. The average Bonchev–Trinajstić information content (AvgIpc) is 2.57. The van der Waals surface area contributed by atoms with Crippen LogP contribution in [0.4, 0.5) is 13.2 Å². The largest absolute Gasteiger partial charge is 0.497 e. The van der Waals surface area contributed by atoms with Crippen molar-refractivity contribution in [1.29, 1.82) is 0 Å². The molecule has 0 bridgehead atoms. The number of benzene rings is 2. The highest BCUT2D eigenvalue weighted by molar-refractivity contribution is 6.14. The van der Waals surface area contributed by atoms with Gasteiger partial charge in [-0.15, -0.1) is 0 Å². The maximum absolute atomic E-state index is 12.6. The zero-order valence-corrected chi connectivity index (χ0v) is 12.7. The number of Topliss-reactive ketones (excluding diaryl/α,β-unsaturated/α-hetero) is 1. The van der Waals surface area contributed by atoms with Crippen molar-refractivity contribution in [3.05, 3.63) is 64.7 Å². The molecule has 6 heteroatoms. The molecule has 0 aromatic heterocycles. The van der Waals surface area contributed by atoms with Gasteiger partial charge in [0.1, 0.15) is 18.1 Å². The second-order valence-corrected chi connectivity index (χ2v) is 5.27. The normalized spacial score (nSPS) is 15.8. The summed E-state index contributed by atoms with van der Waals surface area (Å²) in [6.45, 7) is 0.0556. The predicted octanol–water partition coefficient (Wildman–Crippen LogP) is 4.37. The van der Waals surface area contributed by atoms with Crippen LogP contribution in [0.1, 0.15) is 21.5 Å². The summed E-state index contributed by atoms with van der Waals surface area (Å²) in [5, 5.41) is 0. The monoisotopic (exact) mass is 334 g/mol. The van der Waals surface area contributed by atoms with Crippen LogP contribution in [0, 0.1) is 0 Å². The van der Waals surface area contributed by atoms with Gasteiger partial charge in [0.15, 0.2) is 5.78 Å². The molecule has 0 aliphatic carbocycles. The third-order valence-corrected chi connectivity index (χ3v) is 3.69. The number of hydrogen-bond acceptors (Lipinski definition) is 3. The number of rotatable bonds is 2. The van der Waals surface area contributed by atoms with Crippen LogP contribution in [0.2, 0.25) is 0 Å². The summed E-state index contributed by atoms with van der Waals surface area (Å²) in [5.74, 6) is 0.805. The molecule has 24 heavy (non-hydrogen) atoms. The van der Waals surface area contributed by atoms with E-state index in [4.69, 9.17) is 9.47 Å². The Hall–Kier alpha value is -2.76. The highest BCUT2D eigenvalue weighted by atomic mass is 19.4. The Kier molecular flexibility index (Phi) is 4.05. The lowest BCUT2D eigenvalue weighted by molar-refractivity contribution is -0.137. The molecule has 1 aliphatic heterocycles. The minimum Gasteiger partial charge on any atom is -0.497 e. The molecule has 0 radical (unpaired) electrons. The van der Waals surface area contributed by atoms with E-state index in [1.807, 2.05) is 0 Å². The molecular formula is C18H13F3O3. The van der Waals surface area contributed by atoms with Crippen molar-refractivity contribution >= 4 is 11.9 Å². The van der Waals surface area contributed by atoms with Gasteiger partial charge in [0.2, 0.25) is 0 Å². The van der Waals surface area contributed by atoms with Gasteiger partial charge in [-0.25, -0.2) is 0 Å². The summed E-state index contributed by atoms with van der Waals surface area (Å²) >= 11 is 0.